The molecule has 0 spiro atoms. The Labute approximate surface area is 148 Å². The van der Waals surface area contributed by atoms with Gasteiger partial charge in [-0.05, 0) is 30.0 Å². The smallest absolute Gasteiger partial charge is 0.254 e. The first-order valence-corrected chi connectivity index (χ1v) is 10.2. The zero-order valence-electron chi connectivity index (χ0n) is 14.2. The van der Waals surface area contributed by atoms with E-state index in [-0.39, 0.29) is 11.9 Å². The highest BCUT2D eigenvalue weighted by molar-refractivity contribution is 7.88. The van der Waals surface area contributed by atoms with Gasteiger partial charge in [0.2, 0.25) is 10.0 Å². The van der Waals surface area contributed by atoms with Crippen LogP contribution in [0.1, 0.15) is 27.9 Å². The zero-order chi connectivity index (χ0) is 17.9. The lowest BCUT2D eigenvalue weighted by atomic mass is 9.99. The molecule has 0 unspecified atom stereocenters. The molecule has 1 aliphatic heterocycles. The third-order valence-electron chi connectivity index (χ3n) is 4.34. The topological polar surface area (TPSA) is 66.5 Å². The first-order valence-electron chi connectivity index (χ1n) is 8.31. The average molecular weight is 358 g/mol. The van der Waals surface area contributed by atoms with E-state index >= 15 is 0 Å². The lowest BCUT2D eigenvalue weighted by Crippen LogP contribution is -2.38. The Kier molecular flexibility index (Phi) is 5.20. The molecule has 5 nitrogen and oxygen atoms in total. The maximum Gasteiger partial charge on any atom is 0.254 e. The number of hydrogen-bond donors (Lipinski definition) is 1. The highest BCUT2D eigenvalue weighted by atomic mass is 32.2. The summed E-state index contributed by atoms with van der Waals surface area (Å²) in [6.45, 7) is 0.970. The third kappa shape index (κ3) is 4.67. The van der Waals surface area contributed by atoms with Gasteiger partial charge in [-0.15, -0.1) is 0 Å². The van der Waals surface area contributed by atoms with Crippen molar-refractivity contribution in [1.29, 1.82) is 0 Å². The van der Waals surface area contributed by atoms with Crippen molar-refractivity contribution in [1.82, 2.24) is 9.62 Å². The molecule has 0 aromatic heterocycles. The van der Waals surface area contributed by atoms with Gasteiger partial charge in [0.25, 0.3) is 5.91 Å². The molecule has 6 heteroatoms. The van der Waals surface area contributed by atoms with Crippen LogP contribution in [0.4, 0.5) is 0 Å². The summed E-state index contributed by atoms with van der Waals surface area (Å²) in [5.41, 5.74) is 2.82. The molecule has 1 heterocycles. The number of sulfonamides is 1. The normalized spacial score (nSPS) is 17.6. The number of nitrogens with zero attached hydrogens (tertiary/aromatic N) is 1. The van der Waals surface area contributed by atoms with Gasteiger partial charge in [-0.2, -0.15) is 0 Å². The van der Waals surface area contributed by atoms with Crippen molar-refractivity contribution in [3.8, 4) is 0 Å². The molecule has 0 saturated carbocycles. The molecular weight excluding hydrogens is 336 g/mol. The fourth-order valence-corrected chi connectivity index (χ4v) is 4.01. The molecule has 25 heavy (non-hydrogen) atoms. The Bertz CT molecular complexity index is 850. The molecule has 1 saturated heterocycles. The van der Waals surface area contributed by atoms with E-state index < -0.39 is 10.0 Å². The lowest BCUT2D eigenvalue weighted by molar-refractivity contribution is 0.0789. The highest BCUT2D eigenvalue weighted by Gasteiger charge is 2.29. The summed E-state index contributed by atoms with van der Waals surface area (Å²) in [7, 11) is -3.26. The van der Waals surface area contributed by atoms with Crippen LogP contribution < -0.4 is 4.72 Å². The summed E-state index contributed by atoms with van der Waals surface area (Å²) in [6.07, 6.45) is 2.48. The number of rotatable bonds is 5. The quantitative estimate of drug-likeness (QED) is 0.889. The van der Waals surface area contributed by atoms with Crippen LogP contribution in [0.3, 0.4) is 0 Å². The first-order chi connectivity index (χ1) is 11.9. The van der Waals surface area contributed by atoms with Gasteiger partial charge in [-0.3, -0.25) is 4.79 Å². The molecule has 132 valence electrons. The van der Waals surface area contributed by atoms with Gasteiger partial charge >= 0.3 is 0 Å². The molecule has 1 N–H and O–H groups in total. The van der Waals surface area contributed by atoms with Crippen molar-refractivity contribution in [3.05, 3.63) is 71.3 Å². The van der Waals surface area contributed by atoms with Gasteiger partial charge in [-0.25, -0.2) is 13.1 Å². The maximum atomic E-state index is 12.9. The van der Waals surface area contributed by atoms with Gasteiger partial charge in [-0.1, -0.05) is 48.5 Å². The molecule has 0 bridgehead atoms. The van der Waals surface area contributed by atoms with Crippen molar-refractivity contribution in [2.24, 2.45) is 0 Å². The number of likely N-dealkylation sites (tertiary alicyclic amines) is 1. The molecule has 1 fully saturated rings. The van der Waals surface area contributed by atoms with Crippen LogP contribution >= 0.6 is 0 Å². The van der Waals surface area contributed by atoms with Gasteiger partial charge in [0.15, 0.2) is 0 Å². The monoisotopic (exact) mass is 358 g/mol. The fraction of sp³-hybridized carbons (Fsp3) is 0.316. The van der Waals surface area contributed by atoms with Crippen LogP contribution in [0.25, 0.3) is 0 Å². The van der Waals surface area contributed by atoms with E-state index in [1.165, 1.54) is 0 Å². The number of carbonyl (C=O) groups is 1. The molecule has 0 radical (unpaired) electrons. The summed E-state index contributed by atoms with van der Waals surface area (Å²) in [5, 5.41) is 0. The maximum absolute atomic E-state index is 12.9. The molecule has 2 aromatic carbocycles. The number of amides is 1. The van der Waals surface area contributed by atoms with Crippen LogP contribution in [0.5, 0.6) is 0 Å². The molecule has 1 aliphatic rings. The van der Waals surface area contributed by atoms with E-state index in [0.717, 1.165) is 17.4 Å². The summed E-state index contributed by atoms with van der Waals surface area (Å²) in [4.78, 5) is 14.6. The zero-order valence-corrected chi connectivity index (χ0v) is 15.0. The van der Waals surface area contributed by atoms with Crippen LogP contribution in [0.15, 0.2) is 54.6 Å². The predicted octanol–water partition coefficient (Wildman–Crippen LogP) is 2.04. The van der Waals surface area contributed by atoms with E-state index in [9.17, 15) is 13.2 Å². The largest absolute Gasteiger partial charge is 0.337 e. The Morgan fingerprint density at radius 3 is 2.52 bits per heavy atom. The van der Waals surface area contributed by atoms with Gasteiger partial charge in [0, 0.05) is 24.7 Å². The van der Waals surface area contributed by atoms with Crippen LogP contribution in [0, 0.1) is 0 Å². The fourth-order valence-electron chi connectivity index (χ4n) is 3.21. The van der Waals surface area contributed by atoms with Crippen molar-refractivity contribution in [2.45, 2.75) is 18.9 Å². The minimum absolute atomic E-state index is 0.0377. The number of hydrogen-bond acceptors (Lipinski definition) is 3. The predicted molar refractivity (Wildman–Crippen MR) is 98.0 cm³/mol. The highest BCUT2D eigenvalue weighted by Crippen LogP contribution is 2.19. The van der Waals surface area contributed by atoms with E-state index in [2.05, 4.69) is 4.72 Å². The summed E-state index contributed by atoms with van der Waals surface area (Å²) < 4.78 is 25.3. The minimum Gasteiger partial charge on any atom is -0.337 e. The van der Waals surface area contributed by atoms with E-state index in [0.29, 0.717) is 31.5 Å². The SMILES string of the molecule is CS(=O)(=O)N[C@@H]1CCN(C(=O)c2ccccc2Cc2ccccc2)C1. The van der Waals surface area contributed by atoms with Crippen LogP contribution in [0.2, 0.25) is 0 Å². The molecule has 2 aromatic rings. The Hall–Kier alpha value is -2.18. The first kappa shape index (κ1) is 17.6. The molecular formula is C19H22N2O3S. The number of carbonyl (C=O) groups excluding carboxylic acids is 1. The summed E-state index contributed by atoms with van der Waals surface area (Å²) in [5.74, 6) is -0.0377. The summed E-state index contributed by atoms with van der Waals surface area (Å²) >= 11 is 0. The van der Waals surface area contributed by atoms with Gasteiger partial charge in [0.1, 0.15) is 0 Å². The molecule has 1 amide bonds. The summed E-state index contributed by atoms with van der Waals surface area (Å²) in [6, 6.07) is 17.5. The Morgan fingerprint density at radius 2 is 1.80 bits per heavy atom. The average Bonchev–Trinajstić information content (AvgIpc) is 3.02. The Morgan fingerprint density at radius 1 is 1.12 bits per heavy atom. The van der Waals surface area contributed by atoms with E-state index in [4.69, 9.17) is 0 Å². The van der Waals surface area contributed by atoms with Crippen LogP contribution in [-0.4, -0.2) is 44.6 Å². The Balaban J connectivity index is 1.75. The standard InChI is InChI=1S/C19H22N2O3S/c1-25(23,24)20-17-11-12-21(14-17)19(22)18-10-6-5-9-16(18)13-15-7-3-2-4-8-15/h2-10,17,20H,11-14H2,1H3/t17-/m1/s1. The minimum atomic E-state index is -3.26. The number of benzene rings is 2. The third-order valence-corrected chi connectivity index (χ3v) is 5.10. The second-order valence-corrected chi connectivity index (χ2v) is 8.23. The molecule has 0 aliphatic carbocycles. The van der Waals surface area contributed by atoms with Crippen molar-refractivity contribution in [3.63, 3.8) is 0 Å². The molecule has 3 rings (SSSR count). The second-order valence-electron chi connectivity index (χ2n) is 6.45. The van der Waals surface area contributed by atoms with E-state index in [1.807, 2.05) is 54.6 Å². The lowest BCUT2D eigenvalue weighted by Gasteiger charge is -2.19. The second kappa shape index (κ2) is 7.37. The van der Waals surface area contributed by atoms with Gasteiger partial charge in [0.05, 0.1) is 6.26 Å². The number of nitrogens with one attached hydrogen (secondary N) is 1. The van der Waals surface area contributed by atoms with Crippen molar-refractivity contribution in [2.75, 3.05) is 19.3 Å². The van der Waals surface area contributed by atoms with Crippen LogP contribution in [-0.2, 0) is 16.4 Å². The van der Waals surface area contributed by atoms with E-state index in [1.54, 1.807) is 4.90 Å². The molecule has 1 atom stereocenters. The van der Waals surface area contributed by atoms with Gasteiger partial charge < -0.3 is 4.90 Å². The van der Waals surface area contributed by atoms with Crippen molar-refractivity contribution >= 4 is 15.9 Å². The van der Waals surface area contributed by atoms with Crippen molar-refractivity contribution < 1.29 is 13.2 Å².